The molecular weight excluding hydrogens is 180 g/mol. The van der Waals surface area contributed by atoms with Crippen molar-refractivity contribution in [3.8, 4) is 0 Å². The Balaban J connectivity index is 1.95. The van der Waals surface area contributed by atoms with Gasteiger partial charge in [0.25, 0.3) is 0 Å². The molecule has 0 spiro atoms. The SMILES string of the molecule is CC(CO)N1CCN2C(=O)CCC2C1. The molecule has 2 rings (SSSR count). The van der Waals surface area contributed by atoms with Crippen LogP contribution in [-0.2, 0) is 4.79 Å². The van der Waals surface area contributed by atoms with Gasteiger partial charge in [-0.15, -0.1) is 0 Å². The first-order chi connectivity index (χ1) is 6.72. The first kappa shape index (κ1) is 9.93. The van der Waals surface area contributed by atoms with Crippen LogP contribution in [0.3, 0.4) is 0 Å². The molecule has 2 aliphatic rings. The molecule has 0 aliphatic carbocycles. The van der Waals surface area contributed by atoms with Gasteiger partial charge in [-0.2, -0.15) is 0 Å². The fourth-order valence-electron chi connectivity index (χ4n) is 2.40. The Hall–Kier alpha value is -0.610. The topological polar surface area (TPSA) is 43.8 Å². The lowest BCUT2D eigenvalue weighted by atomic mass is 10.1. The molecule has 2 saturated heterocycles. The van der Waals surface area contributed by atoms with E-state index in [0.29, 0.717) is 18.4 Å². The summed E-state index contributed by atoms with van der Waals surface area (Å²) in [6.07, 6.45) is 1.71. The fourth-order valence-corrected chi connectivity index (χ4v) is 2.40. The van der Waals surface area contributed by atoms with Crippen molar-refractivity contribution in [2.75, 3.05) is 26.2 Å². The number of aliphatic hydroxyl groups is 1. The van der Waals surface area contributed by atoms with Crippen LogP contribution >= 0.6 is 0 Å². The summed E-state index contributed by atoms with van der Waals surface area (Å²) in [6.45, 7) is 4.93. The number of piperazine rings is 1. The third-order valence-corrected chi connectivity index (χ3v) is 3.41. The summed E-state index contributed by atoms with van der Waals surface area (Å²) in [5.41, 5.74) is 0. The molecule has 2 atom stereocenters. The summed E-state index contributed by atoms with van der Waals surface area (Å²) in [7, 11) is 0. The zero-order valence-electron chi connectivity index (χ0n) is 8.65. The van der Waals surface area contributed by atoms with Gasteiger partial charge < -0.3 is 10.0 Å². The van der Waals surface area contributed by atoms with Crippen molar-refractivity contribution in [3.63, 3.8) is 0 Å². The second-order valence-corrected chi connectivity index (χ2v) is 4.31. The number of carbonyl (C=O) groups excluding carboxylic acids is 1. The van der Waals surface area contributed by atoms with E-state index in [1.165, 1.54) is 0 Å². The molecule has 2 unspecified atom stereocenters. The van der Waals surface area contributed by atoms with Crippen molar-refractivity contribution < 1.29 is 9.90 Å². The minimum atomic E-state index is 0.209. The van der Waals surface area contributed by atoms with Crippen LogP contribution in [0.1, 0.15) is 19.8 Å². The molecule has 4 nitrogen and oxygen atoms in total. The highest BCUT2D eigenvalue weighted by molar-refractivity contribution is 5.78. The van der Waals surface area contributed by atoms with Crippen LogP contribution in [-0.4, -0.2) is 59.1 Å². The van der Waals surface area contributed by atoms with Gasteiger partial charge in [0.2, 0.25) is 5.91 Å². The van der Waals surface area contributed by atoms with Crippen molar-refractivity contribution in [3.05, 3.63) is 0 Å². The number of fused-ring (bicyclic) bond motifs is 1. The predicted octanol–water partition coefficient (Wildman–Crippen LogP) is -0.326. The fraction of sp³-hybridized carbons (Fsp3) is 0.900. The number of nitrogens with zero attached hydrogens (tertiary/aromatic N) is 2. The Morgan fingerprint density at radius 2 is 2.36 bits per heavy atom. The van der Waals surface area contributed by atoms with Gasteiger partial charge in [-0.05, 0) is 13.3 Å². The molecule has 14 heavy (non-hydrogen) atoms. The first-order valence-corrected chi connectivity index (χ1v) is 5.36. The molecule has 0 aromatic rings. The van der Waals surface area contributed by atoms with Crippen LogP contribution < -0.4 is 0 Å². The van der Waals surface area contributed by atoms with Crippen LogP contribution in [0.25, 0.3) is 0 Å². The second-order valence-electron chi connectivity index (χ2n) is 4.31. The van der Waals surface area contributed by atoms with E-state index in [0.717, 1.165) is 26.1 Å². The van der Waals surface area contributed by atoms with Crippen molar-refractivity contribution >= 4 is 5.91 Å². The Kier molecular flexibility index (Phi) is 2.74. The van der Waals surface area contributed by atoms with Gasteiger partial charge in [0.1, 0.15) is 0 Å². The molecule has 80 valence electrons. The van der Waals surface area contributed by atoms with Gasteiger partial charge in [0.15, 0.2) is 0 Å². The molecule has 1 N–H and O–H groups in total. The Morgan fingerprint density at radius 3 is 3.07 bits per heavy atom. The summed E-state index contributed by atoms with van der Waals surface area (Å²) in [5.74, 6) is 0.311. The maximum Gasteiger partial charge on any atom is 0.222 e. The third-order valence-electron chi connectivity index (χ3n) is 3.41. The maximum atomic E-state index is 11.4. The summed E-state index contributed by atoms with van der Waals surface area (Å²) in [5, 5.41) is 9.06. The lowest BCUT2D eigenvalue weighted by Gasteiger charge is -2.40. The average molecular weight is 198 g/mol. The number of amides is 1. The van der Waals surface area contributed by atoms with Crippen molar-refractivity contribution in [1.29, 1.82) is 0 Å². The van der Waals surface area contributed by atoms with Crippen LogP contribution in [0.15, 0.2) is 0 Å². The first-order valence-electron chi connectivity index (χ1n) is 5.36. The smallest absolute Gasteiger partial charge is 0.222 e. The molecule has 4 heteroatoms. The van der Waals surface area contributed by atoms with Crippen LogP contribution in [0, 0.1) is 0 Å². The number of hydrogen-bond donors (Lipinski definition) is 1. The number of rotatable bonds is 2. The lowest BCUT2D eigenvalue weighted by Crippen LogP contribution is -2.54. The van der Waals surface area contributed by atoms with Gasteiger partial charge >= 0.3 is 0 Å². The molecule has 2 aliphatic heterocycles. The molecule has 0 aromatic carbocycles. The summed E-state index contributed by atoms with van der Waals surface area (Å²) >= 11 is 0. The number of hydrogen-bond acceptors (Lipinski definition) is 3. The molecule has 0 bridgehead atoms. The van der Waals surface area contributed by atoms with Gasteiger partial charge in [0.05, 0.1) is 6.61 Å². The van der Waals surface area contributed by atoms with E-state index in [-0.39, 0.29) is 12.6 Å². The van der Waals surface area contributed by atoms with Crippen molar-refractivity contribution in [2.24, 2.45) is 0 Å². The van der Waals surface area contributed by atoms with E-state index in [2.05, 4.69) is 4.90 Å². The van der Waals surface area contributed by atoms with E-state index in [1.54, 1.807) is 0 Å². The van der Waals surface area contributed by atoms with Gasteiger partial charge in [-0.25, -0.2) is 0 Å². The minimum absolute atomic E-state index is 0.209. The highest BCUT2D eigenvalue weighted by Crippen LogP contribution is 2.23. The monoisotopic (exact) mass is 198 g/mol. The zero-order chi connectivity index (χ0) is 10.1. The minimum Gasteiger partial charge on any atom is -0.395 e. The van der Waals surface area contributed by atoms with E-state index in [9.17, 15) is 4.79 Å². The quantitative estimate of drug-likeness (QED) is 0.661. The zero-order valence-corrected chi connectivity index (χ0v) is 8.65. The normalized spacial score (nSPS) is 30.6. The Labute approximate surface area is 84.5 Å². The molecule has 2 heterocycles. The van der Waals surface area contributed by atoms with Gasteiger partial charge in [-0.3, -0.25) is 9.69 Å². The van der Waals surface area contributed by atoms with E-state index >= 15 is 0 Å². The molecule has 0 saturated carbocycles. The summed E-state index contributed by atoms with van der Waals surface area (Å²) in [4.78, 5) is 15.7. The molecule has 0 aromatic heterocycles. The molecule has 1 amide bonds. The maximum absolute atomic E-state index is 11.4. The second kappa shape index (κ2) is 3.87. The van der Waals surface area contributed by atoms with Crippen molar-refractivity contribution in [1.82, 2.24) is 9.80 Å². The van der Waals surface area contributed by atoms with Gasteiger partial charge in [-0.1, -0.05) is 0 Å². The predicted molar refractivity (Wildman–Crippen MR) is 52.9 cm³/mol. The van der Waals surface area contributed by atoms with E-state index in [1.807, 2.05) is 11.8 Å². The Morgan fingerprint density at radius 1 is 1.57 bits per heavy atom. The average Bonchev–Trinajstić information content (AvgIpc) is 2.59. The van der Waals surface area contributed by atoms with Crippen LogP contribution in [0.4, 0.5) is 0 Å². The van der Waals surface area contributed by atoms with E-state index in [4.69, 9.17) is 5.11 Å². The van der Waals surface area contributed by atoms with E-state index < -0.39 is 0 Å². The Bertz CT molecular complexity index is 232. The lowest BCUT2D eigenvalue weighted by molar-refractivity contribution is -0.131. The standard InChI is InChI=1S/C10H18N2O2/c1-8(7-13)11-4-5-12-9(6-11)2-3-10(12)14/h8-9,13H,2-7H2,1H3. The third kappa shape index (κ3) is 1.64. The van der Waals surface area contributed by atoms with Crippen LogP contribution in [0.2, 0.25) is 0 Å². The largest absolute Gasteiger partial charge is 0.395 e. The molecule has 2 fully saturated rings. The number of carbonyl (C=O) groups is 1. The van der Waals surface area contributed by atoms with Crippen molar-refractivity contribution in [2.45, 2.75) is 31.8 Å². The highest BCUT2D eigenvalue weighted by Gasteiger charge is 2.36. The number of aliphatic hydroxyl groups excluding tert-OH is 1. The molecule has 0 radical (unpaired) electrons. The molecular formula is C10H18N2O2. The highest BCUT2D eigenvalue weighted by atomic mass is 16.3. The van der Waals surface area contributed by atoms with Gasteiger partial charge in [0, 0.05) is 38.1 Å². The summed E-state index contributed by atoms with van der Waals surface area (Å²) < 4.78 is 0. The van der Waals surface area contributed by atoms with Crippen LogP contribution in [0.5, 0.6) is 0 Å². The summed E-state index contributed by atoms with van der Waals surface area (Å²) in [6, 6.07) is 0.637.